The van der Waals surface area contributed by atoms with Crippen LogP contribution in [0, 0.1) is 13.8 Å². The number of aromatic nitrogens is 2. The number of hydrogen-bond acceptors (Lipinski definition) is 7. The highest BCUT2D eigenvalue weighted by atomic mass is 79.9. The molecule has 22 heavy (non-hydrogen) atoms. The zero-order valence-corrected chi connectivity index (χ0v) is 15.0. The van der Waals surface area contributed by atoms with E-state index in [1.807, 2.05) is 32.0 Å². The fourth-order valence-corrected chi connectivity index (χ4v) is 4.10. The van der Waals surface area contributed by atoms with E-state index in [2.05, 4.69) is 26.1 Å². The van der Waals surface area contributed by atoms with E-state index in [-0.39, 0.29) is 18.5 Å². The molecule has 0 spiro atoms. The lowest BCUT2D eigenvalue weighted by atomic mass is 10.2. The number of carbonyl (C=O) groups excluding carboxylic acids is 1. The van der Waals surface area contributed by atoms with E-state index in [1.165, 1.54) is 11.3 Å². The summed E-state index contributed by atoms with van der Waals surface area (Å²) in [6.07, 6.45) is 0. The largest absolute Gasteiger partial charge is 0.452 e. The van der Waals surface area contributed by atoms with Crippen molar-refractivity contribution in [2.75, 3.05) is 0 Å². The van der Waals surface area contributed by atoms with Gasteiger partial charge in [0, 0.05) is 9.75 Å². The molecule has 0 unspecified atom stereocenters. The van der Waals surface area contributed by atoms with Crippen LogP contribution >= 0.6 is 38.6 Å². The van der Waals surface area contributed by atoms with E-state index in [1.54, 1.807) is 11.3 Å². The lowest BCUT2D eigenvalue weighted by Gasteiger charge is -2.00. The Kier molecular flexibility index (Phi) is 4.42. The molecule has 0 saturated carbocycles. The second-order valence-corrected chi connectivity index (χ2v) is 8.43. The summed E-state index contributed by atoms with van der Waals surface area (Å²) in [7, 11) is 0. The third kappa shape index (κ3) is 3.29. The maximum absolute atomic E-state index is 12.0. The summed E-state index contributed by atoms with van der Waals surface area (Å²) in [5, 5.41) is 7.85. The first kappa shape index (κ1) is 15.4. The molecule has 3 aromatic rings. The van der Waals surface area contributed by atoms with Crippen LogP contribution in [0.2, 0.25) is 0 Å². The Morgan fingerprint density at radius 2 is 2.14 bits per heavy atom. The molecule has 114 valence electrons. The van der Waals surface area contributed by atoms with Gasteiger partial charge in [0.25, 0.3) is 11.8 Å². The molecule has 3 aromatic heterocycles. The Balaban J connectivity index is 1.66. The maximum Gasteiger partial charge on any atom is 0.339 e. The summed E-state index contributed by atoms with van der Waals surface area (Å²) < 4.78 is 11.7. The molecular weight excluding hydrogens is 388 g/mol. The molecule has 8 heteroatoms. The van der Waals surface area contributed by atoms with Crippen molar-refractivity contribution in [2.45, 2.75) is 20.5 Å². The Bertz CT molecular complexity index is 822. The molecule has 0 amide bonds. The van der Waals surface area contributed by atoms with Gasteiger partial charge in [0.05, 0.1) is 14.2 Å². The van der Waals surface area contributed by atoms with Gasteiger partial charge in [-0.25, -0.2) is 4.79 Å². The first-order valence-electron chi connectivity index (χ1n) is 6.35. The number of halogens is 1. The molecular formula is C14H11BrN2O3S2. The van der Waals surface area contributed by atoms with Gasteiger partial charge in [0.2, 0.25) is 0 Å². The highest BCUT2D eigenvalue weighted by Crippen LogP contribution is 2.30. The van der Waals surface area contributed by atoms with Crippen LogP contribution in [0.25, 0.3) is 10.8 Å². The monoisotopic (exact) mass is 398 g/mol. The summed E-state index contributed by atoms with van der Waals surface area (Å²) in [6.45, 7) is 3.82. The zero-order valence-electron chi connectivity index (χ0n) is 11.8. The summed E-state index contributed by atoms with van der Waals surface area (Å²) >= 11 is 6.44. The Labute approximate surface area is 143 Å². The minimum absolute atomic E-state index is 0.0350. The van der Waals surface area contributed by atoms with Gasteiger partial charge in [-0.2, -0.15) is 0 Å². The first-order valence-corrected chi connectivity index (χ1v) is 8.78. The van der Waals surface area contributed by atoms with Crippen molar-refractivity contribution in [3.63, 3.8) is 0 Å². The molecule has 0 aliphatic heterocycles. The number of nitrogens with zero attached hydrogens (tertiary/aromatic N) is 2. The van der Waals surface area contributed by atoms with E-state index < -0.39 is 0 Å². The third-order valence-corrected chi connectivity index (χ3v) is 5.42. The molecule has 0 bridgehead atoms. The maximum atomic E-state index is 12.0. The number of carbonyl (C=O) groups is 1. The lowest BCUT2D eigenvalue weighted by Crippen LogP contribution is -2.05. The fraction of sp³-hybridized carbons (Fsp3) is 0.214. The molecule has 3 heterocycles. The predicted molar refractivity (Wildman–Crippen MR) is 88.2 cm³/mol. The normalized spacial score (nSPS) is 10.9. The van der Waals surface area contributed by atoms with Crippen LogP contribution in [0.3, 0.4) is 0 Å². The Hall–Kier alpha value is -1.51. The standard InChI is InChI=1S/C14H11BrN2O3S2/c1-7-5-9(8(2)21-7)14(18)19-6-12-16-17-13(20-12)10-3-4-11(15)22-10/h3-5H,6H2,1-2H3. The van der Waals surface area contributed by atoms with E-state index >= 15 is 0 Å². The number of rotatable bonds is 4. The summed E-state index contributed by atoms with van der Waals surface area (Å²) in [5.41, 5.74) is 0.587. The summed E-state index contributed by atoms with van der Waals surface area (Å²) in [5.74, 6) is 0.322. The number of hydrogen-bond donors (Lipinski definition) is 0. The zero-order chi connectivity index (χ0) is 15.7. The average molecular weight is 399 g/mol. The number of esters is 1. The second kappa shape index (κ2) is 6.31. The van der Waals surface area contributed by atoms with E-state index in [0.717, 1.165) is 18.4 Å². The van der Waals surface area contributed by atoms with Crippen molar-refractivity contribution in [1.29, 1.82) is 0 Å². The van der Waals surface area contributed by atoms with Crippen LogP contribution in [0.4, 0.5) is 0 Å². The molecule has 0 aromatic carbocycles. The minimum Gasteiger partial charge on any atom is -0.452 e. The van der Waals surface area contributed by atoms with E-state index in [9.17, 15) is 4.79 Å². The van der Waals surface area contributed by atoms with E-state index in [0.29, 0.717) is 11.5 Å². The Morgan fingerprint density at radius 1 is 1.32 bits per heavy atom. The van der Waals surface area contributed by atoms with Crippen LogP contribution in [-0.2, 0) is 11.3 Å². The van der Waals surface area contributed by atoms with Gasteiger partial charge in [-0.15, -0.1) is 32.9 Å². The molecule has 0 N–H and O–H groups in total. The smallest absolute Gasteiger partial charge is 0.339 e. The number of thiophene rings is 2. The molecule has 0 aliphatic carbocycles. The molecule has 0 atom stereocenters. The van der Waals surface area contributed by atoms with Gasteiger partial charge < -0.3 is 9.15 Å². The van der Waals surface area contributed by atoms with Crippen LogP contribution < -0.4 is 0 Å². The molecule has 0 aliphatic rings. The van der Waals surface area contributed by atoms with Crippen molar-refractivity contribution in [3.8, 4) is 10.8 Å². The van der Waals surface area contributed by atoms with Crippen LogP contribution in [0.1, 0.15) is 26.0 Å². The summed E-state index contributed by atoms with van der Waals surface area (Å²) in [4.78, 5) is 14.9. The molecule has 3 rings (SSSR count). The van der Waals surface area contributed by atoms with Crippen LogP contribution in [0.5, 0.6) is 0 Å². The van der Waals surface area contributed by atoms with Gasteiger partial charge in [0.1, 0.15) is 0 Å². The van der Waals surface area contributed by atoms with Crippen molar-refractivity contribution in [3.05, 3.63) is 43.2 Å². The third-order valence-electron chi connectivity index (χ3n) is 2.84. The quantitative estimate of drug-likeness (QED) is 0.600. The summed E-state index contributed by atoms with van der Waals surface area (Å²) in [6, 6.07) is 5.62. The van der Waals surface area contributed by atoms with Gasteiger partial charge in [-0.1, -0.05) is 0 Å². The van der Waals surface area contributed by atoms with E-state index in [4.69, 9.17) is 9.15 Å². The molecule has 0 fully saturated rings. The van der Waals surface area contributed by atoms with Crippen molar-refractivity contribution in [2.24, 2.45) is 0 Å². The van der Waals surface area contributed by atoms with Crippen molar-refractivity contribution >= 4 is 44.6 Å². The minimum atomic E-state index is -0.375. The predicted octanol–water partition coefficient (Wildman–Crippen LogP) is 4.60. The topological polar surface area (TPSA) is 65.2 Å². The SMILES string of the molecule is Cc1cc(C(=O)OCc2nnc(-c3ccc(Br)s3)o2)c(C)s1. The highest BCUT2D eigenvalue weighted by molar-refractivity contribution is 9.11. The number of ether oxygens (including phenoxy) is 1. The van der Waals surface area contributed by atoms with Crippen molar-refractivity contribution < 1.29 is 13.9 Å². The van der Waals surface area contributed by atoms with Crippen LogP contribution in [-0.4, -0.2) is 16.2 Å². The van der Waals surface area contributed by atoms with Gasteiger partial charge in [0.15, 0.2) is 6.61 Å². The second-order valence-electron chi connectivity index (χ2n) is 4.51. The lowest BCUT2D eigenvalue weighted by molar-refractivity contribution is 0.0438. The van der Waals surface area contributed by atoms with Crippen molar-refractivity contribution in [1.82, 2.24) is 10.2 Å². The Morgan fingerprint density at radius 3 is 2.77 bits per heavy atom. The fourth-order valence-electron chi connectivity index (χ4n) is 1.88. The molecule has 0 saturated heterocycles. The molecule has 0 radical (unpaired) electrons. The van der Waals surface area contributed by atoms with Gasteiger partial charge in [-0.3, -0.25) is 0 Å². The number of aryl methyl sites for hydroxylation is 2. The highest BCUT2D eigenvalue weighted by Gasteiger charge is 2.16. The van der Waals surface area contributed by atoms with Gasteiger partial charge in [-0.05, 0) is 48.0 Å². The van der Waals surface area contributed by atoms with Gasteiger partial charge >= 0.3 is 5.97 Å². The first-order chi connectivity index (χ1) is 10.5. The molecule has 5 nitrogen and oxygen atoms in total. The van der Waals surface area contributed by atoms with Crippen LogP contribution in [0.15, 0.2) is 26.4 Å². The average Bonchev–Trinajstić information content (AvgIpc) is 3.16.